The lowest BCUT2D eigenvalue weighted by Gasteiger charge is -2.11. The summed E-state index contributed by atoms with van der Waals surface area (Å²) in [4.78, 5) is 2.96. The lowest BCUT2D eigenvalue weighted by atomic mass is 10.1. The van der Waals surface area contributed by atoms with Crippen molar-refractivity contribution in [3.8, 4) is 34.7 Å². The molecule has 0 saturated heterocycles. The molecule has 0 atom stereocenters. The summed E-state index contributed by atoms with van der Waals surface area (Å²) in [5.74, 6) is 0.0799. The van der Waals surface area contributed by atoms with Crippen LogP contribution in [0.3, 0.4) is 0 Å². The van der Waals surface area contributed by atoms with Crippen molar-refractivity contribution < 1.29 is 16.8 Å². The molecule has 12 heteroatoms. The summed E-state index contributed by atoms with van der Waals surface area (Å²) < 4.78 is 52.9. The van der Waals surface area contributed by atoms with Crippen LogP contribution in [0, 0.1) is 22.7 Å². The first-order valence-corrected chi connectivity index (χ1v) is 16.3. The molecule has 0 spiro atoms. The highest BCUT2D eigenvalue weighted by atomic mass is 32.2. The number of hydrogen-bond acceptors (Lipinski definition) is 6. The van der Waals surface area contributed by atoms with E-state index in [0.717, 1.165) is 35.5 Å². The molecule has 0 unspecified atom stereocenters. The highest BCUT2D eigenvalue weighted by molar-refractivity contribution is 7.92. The monoisotopic (exact) mass is 592 g/mol. The molecule has 4 rings (SSSR count). The molecule has 2 aromatic heterocycles. The van der Waals surface area contributed by atoms with Crippen LogP contribution in [-0.4, -0.2) is 37.9 Å². The number of H-pyrrole nitrogens is 1. The Morgan fingerprint density at radius 2 is 1.24 bits per heavy atom. The molecule has 0 aliphatic rings. The van der Waals surface area contributed by atoms with Gasteiger partial charge in [0.1, 0.15) is 23.5 Å². The Bertz CT molecular complexity index is 1760. The summed E-state index contributed by atoms with van der Waals surface area (Å²) >= 11 is 0. The van der Waals surface area contributed by atoms with E-state index in [1.165, 1.54) is 0 Å². The first-order valence-electron chi connectivity index (χ1n) is 12.9. The predicted octanol–water partition coefficient (Wildman–Crippen LogP) is 5.51. The van der Waals surface area contributed by atoms with Gasteiger partial charge in [-0.2, -0.15) is 10.5 Å². The van der Waals surface area contributed by atoms with Crippen LogP contribution in [0.2, 0.25) is 0 Å². The quantitative estimate of drug-likeness (QED) is 0.220. The van der Waals surface area contributed by atoms with Gasteiger partial charge in [0, 0.05) is 29.3 Å². The fourth-order valence-electron chi connectivity index (χ4n) is 3.84. The maximum atomic E-state index is 11.6. The average molecular weight is 593 g/mol. The largest absolute Gasteiger partial charge is 0.346 e. The van der Waals surface area contributed by atoms with Gasteiger partial charge in [0.25, 0.3) is 0 Å². The number of nitriles is 2. The van der Waals surface area contributed by atoms with E-state index in [9.17, 15) is 16.8 Å². The van der Waals surface area contributed by atoms with Crippen LogP contribution < -0.4 is 9.44 Å². The molecule has 0 amide bonds. The molecule has 0 radical (unpaired) electrons. The maximum absolute atomic E-state index is 11.6. The number of rotatable bonds is 10. The Hall–Kier alpha value is -4.52. The topological polar surface area (TPSA) is 161 Å². The van der Waals surface area contributed by atoms with Crippen molar-refractivity contribution in [3.05, 3.63) is 84.2 Å². The van der Waals surface area contributed by atoms with E-state index in [2.05, 4.69) is 27.4 Å². The average Bonchev–Trinajstić information content (AvgIpc) is 3.61. The first kappa shape index (κ1) is 31.0. The third-order valence-electron chi connectivity index (χ3n) is 6.03. The van der Waals surface area contributed by atoms with Crippen molar-refractivity contribution in [2.45, 2.75) is 33.7 Å². The van der Waals surface area contributed by atoms with Crippen LogP contribution in [0.4, 0.5) is 11.4 Å². The third-order valence-corrected chi connectivity index (χ3v) is 8.65. The minimum absolute atomic E-state index is 0.0386. The standard InChI is InChI=1S/C16H19N3O2S.C13H13N3O2S/c1-3-11-19-15(12-17)9-10-16(19)13-5-7-14(8-6-13)18-22(20,21)4-2;1-2-19(17,18)16-11-5-3-10(4-6-11)13-8-7-12(9-14)15-13/h5-10,18H,3-4,11H2,1-2H3;3-8,15-16H,2H2,1H3. The minimum atomic E-state index is -3.26. The number of hydrogen-bond donors (Lipinski definition) is 3. The molecule has 214 valence electrons. The van der Waals surface area contributed by atoms with Gasteiger partial charge >= 0.3 is 0 Å². The van der Waals surface area contributed by atoms with Crippen molar-refractivity contribution in [3.63, 3.8) is 0 Å². The van der Waals surface area contributed by atoms with Gasteiger partial charge in [0.2, 0.25) is 20.0 Å². The molecule has 4 aromatic rings. The number of benzene rings is 2. The van der Waals surface area contributed by atoms with E-state index >= 15 is 0 Å². The molecular weight excluding hydrogens is 560 g/mol. The zero-order chi connectivity index (χ0) is 30.0. The number of nitrogens with zero attached hydrogens (tertiary/aromatic N) is 3. The van der Waals surface area contributed by atoms with Gasteiger partial charge in [-0.05, 0) is 79.9 Å². The van der Waals surface area contributed by atoms with Gasteiger partial charge in [0.15, 0.2) is 0 Å². The highest BCUT2D eigenvalue weighted by Gasteiger charge is 2.11. The van der Waals surface area contributed by atoms with E-state index in [1.54, 1.807) is 62.4 Å². The second kappa shape index (κ2) is 13.7. The van der Waals surface area contributed by atoms with Gasteiger partial charge in [-0.25, -0.2) is 16.8 Å². The molecule has 0 fully saturated rings. The Morgan fingerprint density at radius 1 is 0.707 bits per heavy atom. The van der Waals surface area contributed by atoms with Crippen molar-refractivity contribution in [1.82, 2.24) is 9.55 Å². The van der Waals surface area contributed by atoms with Crippen LogP contribution in [0.5, 0.6) is 0 Å². The maximum Gasteiger partial charge on any atom is 0.232 e. The van der Waals surface area contributed by atoms with Gasteiger partial charge in [-0.15, -0.1) is 0 Å². The molecule has 0 bridgehead atoms. The Labute approximate surface area is 241 Å². The molecule has 2 heterocycles. The number of nitrogens with one attached hydrogen (secondary N) is 3. The Kier molecular flexibility index (Phi) is 10.4. The van der Waals surface area contributed by atoms with Crippen LogP contribution in [0.25, 0.3) is 22.5 Å². The van der Waals surface area contributed by atoms with Gasteiger partial charge in [0.05, 0.1) is 11.5 Å². The zero-order valence-corrected chi connectivity index (χ0v) is 24.7. The van der Waals surface area contributed by atoms with E-state index in [4.69, 9.17) is 10.5 Å². The van der Waals surface area contributed by atoms with Crippen LogP contribution in [-0.2, 0) is 26.6 Å². The summed E-state index contributed by atoms with van der Waals surface area (Å²) in [7, 11) is -6.52. The molecule has 0 aliphatic carbocycles. The number of aromatic nitrogens is 2. The fraction of sp³-hybridized carbons (Fsp3) is 0.241. The van der Waals surface area contributed by atoms with E-state index < -0.39 is 20.0 Å². The predicted molar refractivity (Wildman–Crippen MR) is 162 cm³/mol. The van der Waals surface area contributed by atoms with Crippen molar-refractivity contribution in [1.29, 1.82) is 10.5 Å². The van der Waals surface area contributed by atoms with Gasteiger partial charge < -0.3 is 9.55 Å². The molecular formula is C29H32N6O4S2. The lowest BCUT2D eigenvalue weighted by Crippen LogP contribution is -2.14. The van der Waals surface area contributed by atoms with E-state index in [-0.39, 0.29) is 11.5 Å². The molecule has 10 nitrogen and oxygen atoms in total. The lowest BCUT2D eigenvalue weighted by molar-refractivity contribution is 0.600. The van der Waals surface area contributed by atoms with Crippen molar-refractivity contribution in [2.75, 3.05) is 20.9 Å². The minimum Gasteiger partial charge on any atom is -0.346 e. The second-order valence-electron chi connectivity index (χ2n) is 8.93. The van der Waals surface area contributed by atoms with Crippen molar-refractivity contribution >= 4 is 31.4 Å². The molecule has 0 saturated carbocycles. The normalized spacial score (nSPS) is 11.0. The number of aromatic amines is 1. The van der Waals surface area contributed by atoms with E-state index in [1.807, 2.05) is 34.9 Å². The fourth-order valence-corrected chi connectivity index (χ4v) is 5.12. The van der Waals surface area contributed by atoms with Crippen molar-refractivity contribution in [2.24, 2.45) is 0 Å². The molecule has 3 N–H and O–H groups in total. The van der Waals surface area contributed by atoms with E-state index in [0.29, 0.717) is 22.8 Å². The summed E-state index contributed by atoms with van der Waals surface area (Å²) in [6, 6.07) is 25.6. The second-order valence-corrected chi connectivity index (χ2v) is 13.0. The summed E-state index contributed by atoms with van der Waals surface area (Å²) in [5, 5.41) is 17.9. The number of anilines is 2. The van der Waals surface area contributed by atoms with Crippen LogP contribution in [0.1, 0.15) is 38.6 Å². The number of sulfonamides is 2. The molecule has 2 aromatic carbocycles. The van der Waals surface area contributed by atoms with Crippen LogP contribution >= 0.6 is 0 Å². The summed E-state index contributed by atoms with van der Waals surface area (Å²) in [6.45, 7) is 6.01. The highest BCUT2D eigenvalue weighted by Crippen LogP contribution is 2.25. The zero-order valence-electron chi connectivity index (χ0n) is 23.0. The van der Waals surface area contributed by atoms with Crippen LogP contribution in [0.15, 0.2) is 72.8 Å². The molecule has 41 heavy (non-hydrogen) atoms. The Balaban J connectivity index is 0.000000228. The SMILES string of the molecule is CCCn1c(C#N)ccc1-c1ccc(NS(=O)(=O)CC)cc1.CCS(=O)(=O)Nc1ccc(-c2ccc(C#N)[nH]2)cc1. The van der Waals surface area contributed by atoms with Gasteiger partial charge in [-0.1, -0.05) is 31.2 Å². The molecule has 0 aliphatic heterocycles. The summed E-state index contributed by atoms with van der Waals surface area (Å²) in [6.07, 6.45) is 0.935. The van der Waals surface area contributed by atoms with Gasteiger partial charge in [-0.3, -0.25) is 9.44 Å². The third kappa shape index (κ3) is 8.48. The smallest absolute Gasteiger partial charge is 0.232 e. The first-order chi connectivity index (χ1) is 19.5. The Morgan fingerprint density at radius 3 is 1.68 bits per heavy atom. The summed E-state index contributed by atoms with van der Waals surface area (Å²) in [5.41, 5.74) is 5.82.